The van der Waals surface area contributed by atoms with Crippen molar-refractivity contribution in [2.75, 3.05) is 0 Å². The second-order valence-corrected chi connectivity index (χ2v) is 3.77. The summed E-state index contributed by atoms with van der Waals surface area (Å²) in [4.78, 5) is 0. The maximum absolute atomic E-state index is 2.24. The summed E-state index contributed by atoms with van der Waals surface area (Å²) in [5.41, 5.74) is 0. The molecule has 1 unspecified atom stereocenters. The molecular weight excluding hydrogens is 176 g/mol. The molecule has 0 aromatic heterocycles. The van der Waals surface area contributed by atoms with Crippen molar-refractivity contribution in [2.24, 2.45) is 0 Å². The van der Waals surface area contributed by atoms with Crippen molar-refractivity contribution in [3.63, 3.8) is 0 Å². The van der Waals surface area contributed by atoms with E-state index in [4.69, 9.17) is 0 Å². The van der Waals surface area contributed by atoms with Gasteiger partial charge in [-0.1, -0.05) is 0 Å². The third kappa shape index (κ3) is 4.79. The Morgan fingerprint density at radius 2 is 2.00 bits per heavy atom. The Balaban J connectivity index is 2.54. The molecule has 0 fully saturated rings. The molecule has 5 heavy (non-hydrogen) atoms. The van der Waals surface area contributed by atoms with Gasteiger partial charge in [0.05, 0.1) is 0 Å². The Kier molecular flexibility index (Phi) is 3.47. The van der Waals surface area contributed by atoms with Crippen molar-refractivity contribution in [3.8, 4) is 0 Å². The molecule has 0 rings (SSSR count). The Morgan fingerprint density at radius 3 is 2.00 bits per heavy atom. The molecular formula is C4H10Te. The third-order valence-corrected chi connectivity index (χ3v) is 1.63. The Hall–Kier alpha value is 0.790. The summed E-state index contributed by atoms with van der Waals surface area (Å²) in [6.45, 7) is 4.46. The molecule has 0 nitrogen and oxygen atoms in total. The Bertz CT molecular complexity index is 17.6. The van der Waals surface area contributed by atoms with Gasteiger partial charge in [-0.25, -0.2) is 0 Å². The van der Waals surface area contributed by atoms with Crippen molar-refractivity contribution in [1.29, 1.82) is 0 Å². The van der Waals surface area contributed by atoms with Gasteiger partial charge < -0.3 is 0 Å². The average molecular weight is 186 g/mol. The van der Waals surface area contributed by atoms with Gasteiger partial charge in [-0.2, -0.15) is 0 Å². The summed E-state index contributed by atoms with van der Waals surface area (Å²) in [6, 6.07) is 0. The molecule has 0 saturated carbocycles. The van der Waals surface area contributed by atoms with Gasteiger partial charge in [-0.3, -0.25) is 0 Å². The summed E-state index contributed by atoms with van der Waals surface area (Å²) < 4.78 is 0.934. The number of hydrogen-bond acceptors (Lipinski definition) is 0. The standard InChI is InChI=1S/C4H10Te/c1-3-4(2)5/h4-5H,3H2,1-2H3. The van der Waals surface area contributed by atoms with Gasteiger partial charge in [0.15, 0.2) is 0 Å². The summed E-state index contributed by atoms with van der Waals surface area (Å²) in [5, 5.41) is 0. The zero-order valence-corrected chi connectivity index (χ0v) is 6.28. The molecule has 0 N–H and O–H groups in total. The topological polar surface area (TPSA) is 0 Å². The molecule has 0 aliphatic heterocycles. The van der Waals surface area contributed by atoms with E-state index in [2.05, 4.69) is 13.8 Å². The van der Waals surface area contributed by atoms with Crippen LogP contribution in [-0.4, -0.2) is 22.3 Å². The van der Waals surface area contributed by atoms with Gasteiger partial charge in [-0.15, -0.1) is 0 Å². The SMILES string of the molecule is CCC(C)[TeH]. The van der Waals surface area contributed by atoms with Crippen molar-refractivity contribution in [1.82, 2.24) is 0 Å². The fraction of sp³-hybridized carbons (Fsp3) is 1.00. The first-order valence-electron chi connectivity index (χ1n) is 1.95. The van der Waals surface area contributed by atoms with E-state index in [0.717, 1.165) is 3.97 Å². The molecule has 0 spiro atoms. The van der Waals surface area contributed by atoms with Gasteiger partial charge >= 0.3 is 46.5 Å². The molecule has 0 aliphatic carbocycles. The summed E-state index contributed by atoms with van der Waals surface area (Å²) in [7, 11) is 0. The third-order valence-electron chi connectivity index (χ3n) is 0.591. The molecule has 1 atom stereocenters. The van der Waals surface area contributed by atoms with Crippen molar-refractivity contribution in [2.45, 2.75) is 24.2 Å². The van der Waals surface area contributed by atoms with E-state index < -0.39 is 0 Å². The van der Waals surface area contributed by atoms with E-state index in [1.807, 2.05) is 22.3 Å². The van der Waals surface area contributed by atoms with E-state index in [0.29, 0.717) is 0 Å². The zero-order chi connectivity index (χ0) is 4.28. The van der Waals surface area contributed by atoms with Crippen LogP contribution < -0.4 is 0 Å². The average Bonchev–Trinajstić information content (AvgIpc) is 1.38. The molecule has 0 aliphatic rings. The van der Waals surface area contributed by atoms with Crippen LogP contribution in [0.1, 0.15) is 20.3 Å². The van der Waals surface area contributed by atoms with Crippen LogP contribution >= 0.6 is 0 Å². The summed E-state index contributed by atoms with van der Waals surface area (Å²) in [6.07, 6.45) is 1.33. The van der Waals surface area contributed by atoms with Crippen LogP contribution in [0.2, 0.25) is 3.97 Å². The molecule has 0 aromatic rings. The minimum absolute atomic E-state index is 0.934. The summed E-state index contributed by atoms with van der Waals surface area (Å²) >= 11 is 1.92. The van der Waals surface area contributed by atoms with Gasteiger partial charge in [0.25, 0.3) is 0 Å². The predicted molar refractivity (Wildman–Crippen MR) is 26.9 cm³/mol. The molecule has 0 radical (unpaired) electrons. The van der Waals surface area contributed by atoms with Crippen LogP contribution in [0.5, 0.6) is 0 Å². The van der Waals surface area contributed by atoms with Crippen molar-refractivity contribution < 1.29 is 0 Å². The Morgan fingerprint density at radius 1 is 1.80 bits per heavy atom. The number of hydrogen-bond donors (Lipinski definition) is 0. The van der Waals surface area contributed by atoms with Crippen molar-refractivity contribution in [3.05, 3.63) is 0 Å². The molecule has 0 aromatic carbocycles. The van der Waals surface area contributed by atoms with E-state index >= 15 is 0 Å². The van der Waals surface area contributed by atoms with Crippen molar-refractivity contribution >= 4 is 22.3 Å². The first-order chi connectivity index (χ1) is 2.27. The first kappa shape index (κ1) is 5.79. The zero-order valence-electron chi connectivity index (χ0n) is 3.73. The molecule has 0 amide bonds. The summed E-state index contributed by atoms with van der Waals surface area (Å²) in [5.74, 6) is 0. The first-order valence-corrected chi connectivity index (χ1v) is 3.42. The fourth-order valence-corrected chi connectivity index (χ4v) is 0. The second-order valence-electron chi connectivity index (χ2n) is 1.26. The molecule has 0 bridgehead atoms. The van der Waals surface area contributed by atoms with Gasteiger partial charge in [-0.05, 0) is 0 Å². The maximum atomic E-state index is 2.24. The van der Waals surface area contributed by atoms with Gasteiger partial charge in [0, 0.05) is 0 Å². The molecule has 0 saturated heterocycles. The quantitative estimate of drug-likeness (QED) is 0.537. The Labute approximate surface area is 46.9 Å². The molecule has 32 valence electrons. The second kappa shape index (κ2) is 3.00. The van der Waals surface area contributed by atoms with E-state index in [1.54, 1.807) is 0 Å². The number of rotatable bonds is 1. The predicted octanol–water partition coefficient (Wildman–Crippen LogP) is 1.11. The molecule has 1 heteroatoms. The van der Waals surface area contributed by atoms with E-state index in [-0.39, 0.29) is 0 Å². The van der Waals surface area contributed by atoms with Crippen LogP contribution in [0.4, 0.5) is 0 Å². The van der Waals surface area contributed by atoms with Crippen LogP contribution in [0, 0.1) is 0 Å². The van der Waals surface area contributed by atoms with E-state index in [9.17, 15) is 0 Å². The van der Waals surface area contributed by atoms with Crippen LogP contribution in [-0.2, 0) is 0 Å². The van der Waals surface area contributed by atoms with Gasteiger partial charge in [0.2, 0.25) is 0 Å². The van der Waals surface area contributed by atoms with Crippen LogP contribution in [0.25, 0.3) is 0 Å². The minimum atomic E-state index is 0.934. The van der Waals surface area contributed by atoms with E-state index in [1.165, 1.54) is 6.42 Å². The monoisotopic (exact) mass is 188 g/mol. The van der Waals surface area contributed by atoms with Crippen LogP contribution in [0.15, 0.2) is 0 Å². The van der Waals surface area contributed by atoms with Crippen LogP contribution in [0.3, 0.4) is 0 Å². The van der Waals surface area contributed by atoms with Gasteiger partial charge in [0.1, 0.15) is 0 Å². The normalized spacial score (nSPS) is 15.0. The molecule has 0 heterocycles. The fourth-order valence-electron chi connectivity index (χ4n) is 0.